The maximum atomic E-state index is 11.0. The Labute approximate surface area is 116 Å². The van der Waals surface area contributed by atoms with Crippen LogP contribution in [0, 0.1) is 6.92 Å². The molecular formula is C14H15N3O3. The second-order valence-corrected chi connectivity index (χ2v) is 4.28. The molecule has 1 aromatic heterocycles. The number of hydrogen-bond donors (Lipinski definition) is 2. The average Bonchev–Trinajstić information content (AvgIpc) is 2.38. The number of nitrogens with two attached hydrogens (primary N) is 1. The molecule has 2 rings (SSSR count). The minimum atomic E-state index is -1.12. The zero-order chi connectivity index (χ0) is 14.7. The minimum absolute atomic E-state index is 0.0186. The number of hydrogen-bond acceptors (Lipinski definition) is 5. The summed E-state index contributed by atoms with van der Waals surface area (Å²) in [7, 11) is 1.59. The molecule has 1 heterocycles. The second-order valence-electron chi connectivity index (χ2n) is 4.28. The smallest absolute Gasteiger partial charge is 0.341 e. The Kier molecular flexibility index (Phi) is 3.84. The second kappa shape index (κ2) is 5.56. The van der Waals surface area contributed by atoms with Crippen molar-refractivity contribution in [1.29, 1.82) is 0 Å². The molecule has 2 aromatic rings. The molecule has 0 amide bonds. The largest absolute Gasteiger partial charge is 0.496 e. The molecule has 0 saturated carbocycles. The van der Waals surface area contributed by atoms with Crippen LogP contribution in [-0.2, 0) is 6.42 Å². The predicted octanol–water partition coefficient (Wildman–Crippen LogP) is 1.66. The van der Waals surface area contributed by atoms with E-state index in [1.807, 2.05) is 24.3 Å². The van der Waals surface area contributed by atoms with E-state index in [1.165, 1.54) is 0 Å². The van der Waals surface area contributed by atoms with Gasteiger partial charge in [0.05, 0.1) is 12.8 Å². The summed E-state index contributed by atoms with van der Waals surface area (Å²) in [6.45, 7) is 1.60. The molecule has 0 saturated heterocycles. The number of methoxy groups -OCH3 is 1. The van der Waals surface area contributed by atoms with Crippen molar-refractivity contribution in [3.8, 4) is 5.75 Å². The van der Waals surface area contributed by atoms with Crippen molar-refractivity contribution < 1.29 is 14.6 Å². The first-order valence-electron chi connectivity index (χ1n) is 6.01. The van der Waals surface area contributed by atoms with Crippen molar-refractivity contribution in [1.82, 2.24) is 9.97 Å². The normalized spacial score (nSPS) is 10.3. The zero-order valence-electron chi connectivity index (χ0n) is 11.3. The quantitative estimate of drug-likeness (QED) is 0.879. The van der Waals surface area contributed by atoms with E-state index in [4.69, 9.17) is 15.6 Å². The summed E-state index contributed by atoms with van der Waals surface area (Å²) in [5.74, 6) is 0.0582. The molecule has 0 atom stereocenters. The first-order valence-corrected chi connectivity index (χ1v) is 6.01. The molecule has 0 bridgehead atoms. The van der Waals surface area contributed by atoms with Gasteiger partial charge in [0, 0.05) is 12.0 Å². The van der Waals surface area contributed by atoms with Gasteiger partial charge >= 0.3 is 5.97 Å². The van der Waals surface area contributed by atoms with E-state index in [-0.39, 0.29) is 11.4 Å². The van der Waals surface area contributed by atoms with Crippen molar-refractivity contribution in [2.75, 3.05) is 12.8 Å². The highest BCUT2D eigenvalue weighted by molar-refractivity contribution is 5.93. The molecule has 6 nitrogen and oxygen atoms in total. The molecule has 0 fully saturated rings. The molecule has 6 heteroatoms. The third-order valence-corrected chi connectivity index (χ3v) is 2.92. The van der Waals surface area contributed by atoms with Gasteiger partial charge in [0.1, 0.15) is 23.0 Å². The molecule has 3 N–H and O–H groups in total. The molecule has 0 aliphatic carbocycles. The number of para-hydroxylation sites is 1. The lowest BCUT2D eigenvalue weighted by Gasteiger charge is -2.09. The van der Waals surface area contributed by atoms with Gasteiger partial charge in [-0.15, -0.1) is 0 Å². The number of aromatic nitrogens is 2. The maximum Gasteiger partial charge on any atom is 0.341 e. The number of aromatic carboxylic acids is 1. The van der Waals surface area contributed by atoms with Crippen LogP contribution in [0.5, 0.6) is 5.75 Å². The molecule has 1 aromatic carbocycles. The van der Waals surface area contributed by atoms with Gasteiger partial charge in [0.25, 0.3) is 0 Å². The molecule has 0 spiro atoms. The van der Waals surface area contributed by atoms with E-state index in [9.17, 15) is 4.79 Å². The maximum absolute atomic E-state index is 11.0. The Bertz CT molecular complexity index is 633. The van der Waals surface area contributed by atoms with Crippen LogP contribution in [0.1, 0.15) is 27.4 Å². The van der Waals surface area contributed by atoms with Crippen LogP contribution in [-0.4, -0.2) is 28.2 Å². The number of ether oxygens (including phenoxy) is 1. The molecule has 0 radical (unpaired) electrons. The fraction of sp³-hybridized carbons (Fsp3) is 0.214. The van der Waals surface area contributed by atoms with E-state index in [2.05, 4.69) is 9.97 Å². The third kappa shape index (κ3) is 2.69. The summed E-state index contributed by atoms with van der Waals surface area (Å²) < 4.78 is 5.26. The van der Waals surface area contributed by atoms with Crippen LogP contribution in [0.3, 0.4) is 0 Å². The van der Waals surface area contributed by atoms with Gasteiger partial charge in [-0.2, -0.15) is 0 Å². The number of benzene rings is 1. The van der Waals surface area contributed by atoms with E-state index in [0.29, 0.717) is 17.9 Å². The van der Waals surface area contributed by atoms with Crippen LogP contribution in [0.15, 0.2) is 24.3 Å². The minimum Gasteiger partial charge on any atom is -0.496 e. The number of carboxylic acids is 1. The SMILES string of the molecule is COc1ccccc1Cc1nc(C)c(C(=O)O)c(N)n1. The number of carboxylic acid groups (broad SMARTS) is 1. The summed E-state index contributed by atoms with van der Waals surface area (Å²) in [6, 6.07) is 7.51. The Morgan fingerprint density at radius 2 is 2.05 bits per heavy atom. The highest BCUT2D eigenvalue weighted by atomic mass is 16.5. The molecule has 0 aliphatic rings. The zero-order valence-corrected chi connectivity index (χ0v) is 11.3. The first-order chi connectivity index (χ1) is 9.52. The van der Waals surface area contributed by atoms with Crippen molar-refractivity contribution in [2.45, 2.75) is 13.3 Å². The van der Waals surface area contributed by atoms with Gasteiger partial charge < -0.3 is 15.6 Å². The summed E-state index contributed by atoms with van der Waals surface area (Å²) in [6.07, 6.45) is 0.426. The molecular weight excluding hydrogens is 258 g/mol. The van der Waals surface area contributed by atoms with Crippen molar-refractivity contribution in [3.05, 3.63) is 46.9 Å². The Balaban J connectivity index is 2.38. The Morgan fingerprint density at radius 1 is 1.35 bits per heavy atom. The van der Waals surface area contributed by atoms with Crippen LogP contribution < -0.4 is 10.5 Å². The van der Waals surface area contributed by atoms with E-state index < -0.39 is 5.97 Å². The Morgan fingerprint density at radius 3 is 2.65 bits per heavy atom. The molecule has 0 unspecified atom stereocenters. The molecule has 104 valence electrons. The van der Waals surface area contributed by atoms with Gasteiger partial charge in [-0.1, -0.05) is 18.2 Å². The van der Waals surface area contributed by atoms with Gasteiger partial charge in [-0.3, -0.25) is 0 Å². The predicted molar refractivity (Wildman–Crippen MR) is 73.9 cm³/mol. The molecule has 20 heavy (non-hydrogen) atoms. The highest BCUT2D eigenvalue weighted by Gasteiger charge is 2.16. The average molecular weight is 273 g/mol. The fourth-order valence-corrected chi connectivity index (χ4v) is 2.02. The lowest BCUT2D eigenvalue weighted by atomic mass is 10.1. The van der Waals surface area contributed by atoms with E-state index in [0.717, 1.165) is 11.3 Å². The number of anilines is 1. The number of aryl methyl sites for hydroxylation is 1. The van der Waals surface area contributed by atoms with Crippen LogP contribution in [0.25, 0.3) is 0 Å². The summed E-state index contributed by atoms with van der Waals surface area (Å²) in [4.78, 5) is 19.3. The standard InChI is InChI=1S/C14H15N3O3/c1-8-12(14(18)19)13(15)17-11(16-8)7-9-5-3-4-6-10(9)20-2/h3-6H,7H2,1-2H3,(H,18,19)(H2,15,16,17). The van der Waals surface area contributed by atoms with Crippen molar-refractivity contribution in [3.63, 3.8) is 0 Å². The third-order valence-electron chi connectivity index (χ3n) is 2.92. The van der Waals surface area contributed by atoms with Crippen molar-refractivity contribution in [2.24, 2.45) is 0 Å². The number of carbonyl (C=O) groups is 1. The van der Waals surface area contributed by atoms with Crippen LogP contribution in [0.2, 0.25) is 0 Å². The fourth-order valence-electron chi connectivity index (χ4n) is 2.02. The van der Waals surface area contributed by atoms with E-state index >= 15 is 0 Å². The highest BCUT2D eigenvalue weighted by Crippen LogP contribution is 2.21. The summed E-state index contributed by atoms with van der Waals surface area (Å²) in [5, 5.41) is 9.03. The Hall–Kier alpha value is -2.63. The van der Waals surface area contributed by atoms with Crippen molar-refractivity contribution >= 4 is 11.8 Å². The van der Waals surface area contributed by atoms with Crippen LogP contribution >= 0.6 is 0 Å². The first kappa shape index (κ1) is 13.8. The summed E-state index contributed by atoms with van der Waals surface area (Å²) in [5.41, 5.74) is 6.91. The molecule has 0 aliphatic heterocycles. The van der Waals surface area contributed by atoms with E-state index in [1.54, 1.807) is 14.0 Å². The van der Waals surface area contributed by atoms with Gasteiger partial charge in [0.2, 0.25) is 0 Å². The van der Waals surface area contributed by atoms with Gasteiger partial charge in [-0.25, -0.2) is 14.8 Å². The lowest BCUT2D eigenvalue weighted by Crippen LogP contribution is -2.12. The monoisotopic (exact) mass is 273 g/mol. The number of nitrogen functional groups attached to an aromatic ring is 1. The summed E-state index contributed by atoms with van der Waals surface area (Å²) >= 11 is 0. The van der Waals surface area contributed by atoms with Gasteiger partial charge in [-0.05, 0) is 13.0 Å². The lowest BCUT2D eigenvalue weighted by molar-refractivity contribution is 0.0696. The topological polar surface area (TPSA) is 98.3 Å². The van der Waals surface area contributed by atoms with Gasteiger partial charge in [0.15, 0.2) is 0 Å². The van der Waals surface area contributed by atoms with Crippen LogP contribution in [0.4, 0.5) is 5.82 Å². The number of nitrogens with zero attached hydrogens (tertiary/aromatic N) is 2. The number of rotatable bonds is 4.